The van der Waals surface area contributed by atoms with E-state index < -0.39 is 5.97 Å². The van der Waals surface area contributed by atoms with E-state index in [0.717, 1.165) is 12.8 Å². The Balaban J connectivity index is 1.99. The Morgan fingerprint density at radius 1 is 1.73 bits per heavy atom. The molecule has 0 unspecified atom stereocenters. The smallest absolute Gasteiger partial charge is 0.361 e. The molecule has 0 aliphatic heterocycles. The largest absolute Gasteiger partial charge is 0.461 e. The third-order valence-electron chi connectivity index (χ3n) is 2.45. The Bertz CT molecular complexity index is 369. The predicted molar refractivity (Wildman–Crippen MR) is 55.3 cm³/mol. The summed E-state index contributed by atoms with van der Waals surface area (Å²) in [5.41, 5.74) is 6.28. The monoisotopic (exact) mass is 209 g/mol. The van der Waals surface area contributed by atoms with E-state index in [1.807, 2.05) is 6.92 Å². The van der Waals surface area contributed by atoms with Gasteiger partial charge in [-0.2, -0.15) is 5.10 Å². The topological polar surface area (TPSA) is 70.1 Å². The number of ether oxygens (including phenoxy) is 1. The molecule has 0 saturated heterocycles. The van der Waals surface area contributed by atoms with Gasteiger partial charge in [0, 0.05) is 12.7 Å². The van der Waals surface area contributed by atoms with Gasteiger partial charge in [0.2, 0.25) is 0 Å². The highest BCUT2D eigenvalue weighted by atomic mass is 16.5. The summed E-state index contributed by atoms with van der Waals surface area (Å²) in [5, 5.41) is 4.04. The molecule has 0 bridgehead atoms. The predicted octanol–water partition coefficient (Wildman–Crippen LogP) is 1.05. The Morgan fingerprint density at radius 3 is 3.00 bits per heavy atom. The van der Waals surface area contributed by atoms with Gasteiger partial charge in [-0.05, 0) is 25.7 Å². The lowest BCUT2D eigenvalue weighted by atomic mass is 10.4. The van der Waals surface area contributed by atoms with E-state index in [2.05, 4.69) is 5.10 Å². The maximum atomic E-state index is 11.5. The first-order chi connectivity index (χ1) is 7.20. The van der Waals surface area contributed by atoms with E-state index in [0.29, 0.717) is 24.8 Å². The third-order valence-corrected chi connectivity index (χ3v) is 2.45. The van der Waals surface area contributed by atoms with Gasteiger partial charge >= 0.3 is 5.97 Å². The van der Waals surface area contributed by atoms with Gasteiger partial charge in [0.25, 0.3) is 0 Å². The minimum atomic E-state index is -0.411. The standard InChI is InChI=1S/C10H15N3O2/c1-2-13-5-8(11)9(12-13)10(14)15-6-7-3-4-7/h5,7H,2-4,6,11H2,1H3. The molecule has 15 heavy (non-hydrogen) atoms. The van der Waals surface area contributed by atoms with Crippen molar-refractivity contribution in [3.05, 3.63) is 11.9 Å². The van der Waals surface area contributed by atoms with Crippen LogP contribution in [0.15, 0.2) is 6.20 Å². The Labute approximate surface area is 88.2 Å². The minimum Gasteiger partial charge on any atom is -0.461 e. The number of esters is 1. The van der Waals surface area contributed by atoms with Gasteiger partial charge in [0.15, 0.2) is 5.69 Å². The maximum Gasteiger partial charge on any atom is 0.361 e. The van der Waals surface area contributed by atoms with Gasteiger partial charge < -0.3 is 10.5 Å². The molecular weight excluding hydrogens is 194 g/mol. The molecule has 5 nitrogen and oxygen atoms in total. The number of nitrogen functional groups attached to an aromatic ring is 1. The Kier molecular flexibility index (Phi) is 2.62. The SMILES string of the molecule is CCn1cc(N)c(C(=O)OCC2CC2)n1. The summed E-state index contributed by atoms with van der Waals surface area (Å²) >= 11 is 0. The first kappa shape index (κ1) is 10.0. The second-order valence-corrected chi connectivity index (χ2v) is 3.83. The van der Waals surface area contributed by atoms with Crippen molar-refractivity contribution in [3.63, 3.8) is 0 Å². The second kappa shape index (κ2) is 3.92. The Morgan fingerprint density at radius 2 is 2.47 bits per heavy atom. The molecule has 0 spiro atoms. The average molecular weight is 209 g/mol. The Hall–Kier alpha value is -1.52. The van der Waals surface area contributed by atoms with Crippen LogP contribution in [-0.2, 0) is 11.3 Å². The van der Waals surface area contributed by atoms with Gasteiger partial charge in [-0.15, -0.1) is 0 Å². The molecule has 0 amide bonds. The first-order valence-corrected chi connectivity index (χ1v) is 5.20. The molecule has 1 aromatic rings. The van der Waals surface area contributed by atoms with Crippen LogP contribution in [0.4, 0.5) is 5.69 Å². The summed E-state index contributed by atoms with van der Waals surface area (Å²) in [6, 6.07) is 0. The molecule has 82 valence electrons. The fraction of sp³-hybridized carbons (Fsp3) is 0.600. The zero-order valence-corrected chi connectivity index (χ0v) is 8.77. The van der Waals surface area contributed by atoms with Gasteiger partial charge in [0.1, 0.15) is 0 Å². The molecule has 2 rings (SSSR count). The number of aromatic nitrogens is 2. The number of aryl methyl sites for hydroxylation is 1. The number of hydrogen-bond acceptors (Lipinski definition) is 4. The molecule has 1 aliphatic carbocycles. The molecular formula is C10H15N3O2. The van der Waals surface area contributed by atoms with E-state index in [4.69, 9.17) is 10.5 Å². The lowest BCUT2D eigenvalue weighted by molar-refractivity contribution is 0.0479. The van der Waals surface area contributed by atoms with Crippen LogP contribution in [0.3, 0.4) is 0 Å². The zero-order chi connectivity index (χ0) is 10.8. The van der Waals surface area contributed by atoms with Crippen LogP contribution < -0.4 is 5.73 Å². The van der Waals surface area contributed by atoms with Gasteiger partial charge in [-0.3, -0.25) is 4.68 Å². The van der Waals surface area contributed by atoms with Crippen LogP contribution >= 0.6 is 0 Å². The second-order valence-electron chi connectivity index (χ2n) is 3.83. The van der Waals surface area contributed by atoms with E-state index >= 15 is 0 Å². The molecule has 0 radical (unpaired) electrons. The minimum absolute atomic E-state index is 0.234. The lowest BCUT2D eigenvalue weighted by Gasteiger charge is -2.00. The van der Waals surface area contributed by atoms with Gasteiger partial charge in [0.05, 0.1) is 12.3 Å². The van der Waals surface area contributed by atoms with Crippen molar-refractivity contribution in [1.29, 1.82) is 0 Å². The summed E-state index contributed by atoms with van der Waals surface area (Å²) in [7, 11) is 0. The highest BCUT2D eigenvalue weighted by molar-refractivity contribution is 5.92. The van der Waals surface area contributed by atoms with E-state index in [1.54, 1.807) is 10.9 Å². The number of hydrogen-bond donors (Lipinski definition) is 1. The van der Waals surface area contributed by atoms with Crippen LogP contribution in [-0.4, -0.2) is 22.4 Å². The van der Waals surface area contributed by atoms with E-state index in [-0.39, 0.29) is 5.69 Å². The molecule has 2 N–H and O–H groups in total. The first-order valence-electron chi connectivity index (χ1n) is 5.20. The van der Waals surface area contributed by atoms with Crippen molar-refractivity contribution in [2.24, 2.45) is 5.92 Å². The fourth-order valence-corrected chi connectivity index (χ4v) is 1.30. The van der Waals surface area contributed by atoms with Crippen molar-refractivity contribution >= 4 is 11.7 Å². The summed E-state index contributed by atoms with van der Waals surface area (Å²) in [6.07, 6.45) is 3.96. The van der Waals surface area contributed by atoms with Crippen LogP contribution in [0.25, 0.3) is 0 Å². The number of anilines is 1. The quantitative estimate of drug-likeness (QED) is 0.752. The van der Waals surface area contributed by atoms with Crippen molar-refractivity contribution in [3.8, 4) is 0 Å². The average Bonchev–Trinajstić information content (AvgIpc) is 2.97. The van der Waals surface area contributed by atoms with E-state index in [1.165, 1.54) is 0 Å². The molecule has 0 atom stereocenters. The van der Waals surface area contributed by atoms with E-state index in [9.17, 15) is 4.79 Å². The molecule has 1 aliphatic rings. The molecule has 1 saturated carbocycles. The summed E-state index contributed by atoms with van der Waals surface area (Å²) < 4.78 is 6.72. The number of nitrogens with two attached hydrogens (primary N) is 1. The highest BCUT2D eigenvalue weighted by Crippen LogP contribution is 2.29. The van der Waals surface area contributed by atoms with Crippen LogP contribution in [0, 0.1) is 5.92 Å². The van der Waals surface area contributed by atoms with Crippen molar-refractivity contribution in [2.75, 3.05) is 12.3 Å². The lowest BCUT2D eigenvalue weighted by Crippen LogP contribution is -2.10. The third kappa shape index (κ3) is 2.29. The van der Waals surface area contributed by atoms with Gasteiger partial charge in [-0.25, -0.2) is 4.79 Å². The number of rotatable bonds is 4. The number of carbonyl (C=O) groups is 1. The summed E-state index contributed by atoms with van der Waals surface area (Å²) in [4.78, 5) is 11.5. The fourth-order valence-electron chi connectivity index (χ4n) is 1.30. The molecule has 1 fully saturated rings. The molecule has 5 heteroatoms. The van der Waals surface area contributed by atoms with Crippen LogP contribution in [0.2, 0.25) is 0 Å². The summed E-state index contributed by atoms with van der Waals surface area (Å²) in [6.45, 7) is 3.13. The highest BCUT2D eigenvalue weighted by Gasteiger charge is 2.24. The molecule has 1 aromatic heterocycles. The number of nitrogens with zero attached hydrogens (tertiary/aromatic N) is 2. The maximum absolute atomic E-state index is 11.5. The van der Waals surface area contributed by atoms with Crippen LogP contribution in [0.1, 0.15) is 30.3 Å². The van der Waals surface area contributed by atoms with Crippen molar-refractivity contribution in [2.45, 2.75) is 26.3 Å². The molecule has 1 heterocycles. The normalized spacial score (nSPS) is 15.3. The zero-order valence-electron chi connectivity index (χ0n) is 8.77. The molecule has 0 aromatic carbocycles. The number of carbonyl (C=O) groups excluding carboxylic acids is 1. The summed E-state index contributed by atoms with van der Waals surface area (Å²) in [5.74, 6) is 0.148. The van der Waals surface area contributed by atoms with Crippen molar-refractivity contribution in [1.82, 2.24) is 9.78 Å². The van der Waals surface area contributed by atoms with Gasteiger partial charge in [-0.1, -0.05) is 0 Å². The van der Waals surface area contributed by atoms with Crippen molar-refractivity contribution < 1.29 is 9.53 Å². The van der Waals surface area contributed by atoms with Crippen LogP contribution in [0.5, 0.6) is 0 Å².